The van der Waals surface area contributed by atoms with Gasteiger partial charge < -0.3 is 36.4 Å². The monoisotopic (exact) mass is 566 g/mol. The van der Waals surface area contributed by atoms with Gasteiger partial charge in [-0.05, 0) is 77.4 Å². The van der Waals surface area contributed by atoms with E-state index in [4.69, 9.17) is 10.7 Å². The van der Waals surface area contributed by atoms with Crippen LogP contribution in [-0.2, 0) is 4.57 Å². The second-order valence-corrected chi connectivity index (χ2v) is 13.7. The molecule has 1 aromatic heterocycles. The van der Waals surface area contributed by atoms with Crippen LogP contribution in [-0.4, -0.2) is 94.8 Å². The van der Waals surface area contributed by atoms with E-state index in [1.807, 2.05) is 6.07 Å². The third-order valence-corrected chi connectivity index (χ3v) is 9.46. The minimum Gasteiger partial charge on any atom is -0.383 e. The first-order valence-electron chi connectivity index (χ1n) is 15.1. The van der Waals surface area contributed by atoms with Crippen LogP contribution < -0.4 is 26.6 Å². The lowest BCUT2D eigenvalue weighted by Gasteiger charge is -2.40. The summed E-state index contributed by atoms with van der Waals surface area (Å²) in [5.41, 5.74) is 6.16. The first-order chi connectivity index (χ1) is 18.7. The van der Waals surface area contributed by atoms with Gasteiger partial charge in [0, 0.05) is 50.4 Å². The molecular weight excluding hydrogens is 515 g/mol. The summed E-state index contributed by atoms with van der Waals surface area (Å²) >= 11 is 0. The summed E-state index contributed by atoms with van der Waals surface area (Å²) in [7, 11) is -3.99. The van der Waals surface area contributed by atoms with E-state index < -0.39 is 7.60 Å². The van der Waals surface area contributed by atoms with Crippen molar-refractivity contribution in [2.24, 2.45) is 5.92 Å². The lowest BCUT2D eigenvalue weighted by atomic mass is 9.86. The summed E-state index contributed by atoms with van der Waals surface area (Å²) in [6.07, 6.45) is 12.6. The molecule has 222 valence electrons. The van der Waals surface area contributed by atoms with Gasteiger partial charge in [-0.25, -0.2) is 0 Å². The molecule has 1 aliphatic heterocycles. The van der Waals surface area contributed by atoms with Gasteiger partial charge in [-0.15, -0.1) is 0 Å². The predicted octanol–water partition coefficient (Wildman–Crippen LogP) is 2.62. The average molecular weight is 567 g/mol. The van der Waals surface area contributed by atoms with Gasteiger partial charge in [0.2, 0.25) is 5.95 Å². The van der Waals surface area contributed by atoms with Crippen molar-refractivity contribution >= 4 is 25.2 Å². The van der Waals surface area contributed by atoms with Crippen LogP contribution in [0.5, 0.6) is 0 Å². The van der Waals surface area contributed by atoms with E-state index in [1.54, 1.807) is 0 Å². The summed E-state index contributed by atoms with van der Waals surface area (Å²) < 4.78 is 11.3. The van der Waals surface area contributed by atoms with Crippen LogP contribution in [0.3, 0.4) is 0 Å². The first-order valence-corrected chi connectivity index (χ1v) is 16.9. The Morgan fingerprint density at radius 2 is 1.79 bits per heavy atom. The van der Waals surface area contributed by atoms with Gasteiger partial charge in [0.1, 0.15) is 11.6 Å². The van der Waals surface area contributed by atoms with E-state index in [0.717, 1.165) is 69.9 Å². The molecule has 1 aromatic rings. The summed E-state index contributed by atoms with van der Waals surface area (Å²) in [4.78, 5) is 32.0. The fourth-order valence-electron chi connectivity index (χ4n) is 6.30. The van der Waals surface area contributed by atoms with E-state index in [9.17, 15) is 14.4 Å². The molecule has 0 aromatic carbocycles. The van der Waals surface area contributed by atoms with Crippen molar-refractivity contribution in [1.82, 2.24) is 25.5 Å². The molecule has 2 aliphatic carbocycles. The molecule has 3 fully saturated rings. The van der Waals surface area contributed by atoms with Crippen LogP contribution in [0, 0.1) is 5.92 Å². The molecule has 7 N–H and O–H groups in total. The van der Waals surface area contributed by atoms with E-state index in [-0.39, 0.29) is 12.2 Å². The number of piperazine rings is 1. The Bertz CT molecular complexity index is 920. The normalized spacial score (nSPS) is 25.6. The minimum atomic E-state index is -3.99. The van der Waals surface area contributed by atoms with E-state index in [1.165, 1.54) is 51.4 Å². The summed E-state index contributed by atoms with van der Waals surface area (Å²) in [6, 6.07) is 3.09. The van der Waals surface area contributed by atoms with Crippen LogP contribution in [0.4, 0.5) is 17.6 Å². The smallest absolute Gasteiger partial charge is 0.326 e. The lowest BCUT2D eigenvalue weighted by molar-refractivity contribution is 0.196. The van der Waals surface area contributed by atoms with E-state index >= 15 is 0 Å². The van der Waals surface area contributed by atoms with Crippen molar-refractivity contribution in [3.8, 4) is 0 Å². The Balaban J connectivity index is 1.14. The number of nitrogen functional groups attached to an aromatic ring is 1. The second-order valence-electron chi connectivity index (χ2n) is 11.9. The van der Waals surface area contributed by atoms with Gasteiger partial charge in [0.15, 0.2) is 0 Å². The molecule has 2 saturated carbocycles. The molecule has 39 heavy (non-hydrogen) atoms. The zero-order valence-corrected chi connectivity index (χ0v) is 24.6. The maximum absolute atomic E-state index is 11.3. The maximum atomic E-state index is 11.3. The number of nitrogens with zero attached hydrogens (tertiary/aromatic N) is 4. The number of nitrogens with two attached hydrogens (primary N) is 1. The van der Waals surface area contributed by atoms with E-state index in [0.29, 0.717) is 24.4 Å². The van der Waals surface area contributed by atoms with Crippen molar-refractivity contribution < 1.29 is 14.4 Å². The van der Waals surface area contributed by atoms with Crippen LogP contribution in [0.1, 0.15) is 71.1 Å². The van der Waals surface area contributed by atoms with Gasteiger partial charge in [0.25, 0.3) is 0 Å². The van der Waals surface area contributed by atoms with Crippen molar-refractivity contribution in [2.45, 2.75) is 89.3 Å². The van der Waals surface area contributed by atoms with Gasteiger partial charge in [-0.1, -0.05) is 19.3 Å². The third-order valence-electron chi connectivity index (χ3n) is 8.68. The van der Waals surface area contributed by atoms with Crippen molar-refractivity contribution in [3.05, 3.63) is 6.07 Å². The molecule has 0 unspecified atom stereocenters. The molecule has 0 radical (unpaired) electrons. The van der Waals surface area contributed by atoms with Gasteiger partial charge in [-0.2, -0.15) is 9.97 Å². The Labute approximate surface area is 234 Å². The Hall–Kier alpha value is -1.49. The SMILES string of the molecule is C[C@@H]1CN(c2cc(N)nc(N[C@H]3CC[C@H](CNCCCNC4CCCCC4)CC3)n2)CCN1CCP(=O)(O)O. The van der Waals surface area contributed by atoms with Gasteiger partial charge in [-0.3, -0.25) is 9.46 Å². The maximum Gasteiger partial charge on any atom is 0.326 e. The van der Waals surface area contributed by atoms with Crippen LogP contribution in [0.2, 0.25) is 0 Å². The number of nitrogens with one attached hydrogen (secondary N) is 3. The van der Waals surface area contributed by atoms with Crippen molar-refractivity contribution in [3.63, 3.8) is 0 Å². The van der Waals surface area contributed by atoms with Crippen molar-refractivity contribution in [1.29, 1.82) is 0 Å². The van der Waals surface area contributed by atoms with E-state index in [2.05, 4.69) is 37.7 Å². The standard InChI is InChI=1S/C27H51N8O3P/c1-21-20-35(15-14-34(21)16-17-39(36,37)38)26-18-25(28)32-27(33-26)31-24-10-8-22(9-11-24)19-29-12-5-13-30-23-6-3-2-4-7-23/h18,21-24,29-30H,2-17,19-20H2,1H3,(H2,36,37,38)(H3,28,31,32,33)/t21-,22-,24-/m1/s1. The largest absolute Gasteiger partial charge is 0.383 e. The zero-order chi connectivity index (χ0) is 27.7. The Kier molecular flexibility index (Phi) is 11.7. The zero-order valence-electron chi connectivity index (χ0n) is 23.7. The lowest BCUT2D eigenvalue weighted by Crippen LogP contribution is -2.52. The van der Waals surface area contributed by atoms with Crippen molar-refractivity contribution in [2.75, 3.05) is 67.9 Å². The number of anilines is 3. The fourth-order valence-corrected chi connectivity index (χ4v) is 6.82. The highest BCUT2D eigenvalue weighted by Crippen LogP contribution is 2.34. The highest BCUT2D eigenvalue weighted by molar-refractivity contribution is 7.51. The molecule has 1 atom stereocenters. The summed E-state index contributed by atoms with van der Waals surface area (Å²) in [6.45, 7) is 7.99. The number of aromatic nitrogens is 2. The Morgan fingerprint density at radius 3 is 2.51 bits per heavy atom. The fraction of sp³-hybridized carbons (Fsp3) is 0.852. The quantitative estimate of drug-likeness (QED) is 0.154. The molecule has 4 rings (SSSR count). The van der Waals surface area contributed by atoms with Gasteiger partial charge >= 0.3 is 7.60 Å². The third kappa shape index (κ3) is 10.4. The molecule has 0 amide bonds. The number of rotatable bonds is 13. The van der Waals surface area contributed by atoms with Crippen LogP contribution >= 0.6 is 7.60 Å². The van der Waals surface area contributed by atoms with Gasteiger partial charge in [0.05, 0.1) is 6.16 Å². The molecular formula is C27H51N8O3P. The average Bonchev–Trinajstić information content (AvgIpc) is 2.90. The minimum absolute atomic E-state index is 0.109. The molecule has 11 nitrogen and oxygen atoms in total. The molecule has 0 spiro atoms. The summed E-state index contributed by atoms with van der Waals surface area (Å²) in [5, 5.41) is 11.0. The van der Waals surface area contributed by atoms with Crippen LogP contribution in [0.15, 0.2) is 6.07 Å². The molecule has 3 aliphatic rings. The molecule has 12 heteroatoms. The number of hydrogen-bond donors (Lipinski definition) is 6. The number of hydrogen-bond acceptors (Lipinski definition) is 9. The molecule has 2 heterocycles. The highest BCUT2D eigenvalue weighted by atomic mass is 31.2. The molecule has 1 saturated heterocycles. The molecule has 0 bridgehead atoms. The Morgan fingerprint density at radius 1 is 1.03 bits per heavy atom. The summed E-state index contributed by atoms with van der Waals surface area (Å²) in [5.74, 6) is 2.58. The van der Waals surface area contributed by atoms with Crippen LogP contribution in [0.25, 0.3) is 0 Å². The topological polar surface area (TPSA) is 152 Å². The predicted molar refractivity (Wildman–Crippen MR) is 158 cm³/mol. The first kappa shape index (κ1) is 30.5. The highest BCUT2D eigenvalue weighted by Gasteiger charge is 2.27. The second kappa shape index (κ2) is 14.9.